The second kappa shape index (κ2) is 6.24. The summed E-state index contributed by atoms with van der Waals surface area (Å²) in [5.41, 5.74) is 2.85. The van der Waals surface area contributed by atoms with E-state index in [1.807, 2.05) is 25.1 Å². The summed E-state index contributed by atoms with van der Waals surface area (Å²) in [6.07, 6.45) is 0. The fourth-order valence-electron chi connectivity index (χ4n) is 1.97. The zero-order chi connectivity index (χ0) is 14.5. The van der Waals surface area contributed by atoms with Crippen molar-refractivity contribution in [1.29, 1.82) is 0 Å². The standard InChI is InChI=1S/C17H18O3/c1-12-4-9-17(19-3)15(10-12)11-20-16-7-5-14(6-8-16)13(2)18/h4-10H,11H2,1-3H3. The van der Waals surface area contributed by atoms with Crippen LogP contribution in [0.1, 0.15) is 28.4 Å². The second-order valence-corrected chi connectivity index (χ2v) is 4.68. The first-order chi connectivity index (χ1) is 9.60. The molecule has 3 heteroatoms. The lowest BCUT2D eigenvalue weighted by molar-refractivity contribution is 0.101. The van der Waals surface area contributed by atoms with E-state index in [1.165, 1.54) is 0 Å². The van der Waals surface area contributed by atoms with E-state index in [-0.39, 0.29) is 5.78 Å². The Labute approximate surface area is 119 Å². The van der Waals surface area contributed by atoms with Gasteiger partial charge < -0.3 is 9.47 Å². The van der Waals surface area contributed by atoms with Crippen LogP contribution in [0.3, 0.4) is 0 Å². The predicted octanol–water partition coefficient (Wildman–Crippen LogP) is 3.79. The first kappa shape index (κ1) is 14.1. The van der Waals surface area contributed by atoms with Gasteiger partial charge in [0.1, 0.15) is 18.1 Å². The van der Waals surface area contributed by atoms with Crippen molar-refractivity contribution in [3.8, 4) is 11.5 Å². The number of Topliss-reactive ketones (excluding diaryl/α,β-unsaturated/α-hetero) is 1. The molecule has 0 unspecified atom stereocenters. The van der Waals surface area contributed by atoms with Crippen molar-refractivity contribution >= 4 is 5.78 Å². The third-order valence-electron chi connectivity index (χ3n) is 3.09. The smallest absolute Gasteiger partial charge is 0.159 e. The Kier molecular flexibility index (Phi) is 4.41. The van der Waals surface area contributed by atoms with Crippen molar-refractivity contribution in [2.24, 2.45) is 0 Å². The Balaban J connectivity index is 2.08. The summed E-state index contributed by atoms with van der Waals surface area (Å²) in [4.78, 5) is 11.2. The lowest BCUT2D eigenvalue weighted by Gasteiger charge is -2.11. The molecule has 3 nitrogen and oxygen atoms in total. The third kappa shape index (κ3) is 3.38. The number of ether oxygens (including phenoxy) is 2. The van der Waals surface area contributed by atoms with Gasteiger partial charge in [0.25, 0.3) is 0 Å². The van der Waals surface area contributed by atoms with Gasteiger partial charge in [0.05, 0.1) is 7.11 Å². The Morgan fingerprint density at radius 1 is 1.10 bits per heavy atom. The van der Waals surface area contributed by atoms with Gasteiger partial charge in [-0.3, -0.25) is 4.79 Å². The molecule has 0 aliphatic heterocycles. The van der Waals surface area contributed by atoms with Gasteiger partial charge in [-0.25, -0.2) is 0 Å². The number of benzene rings is 2. The van der Waals surface area contributed by atoms with Crippen molar-refractivity contribution in [3.63, 3.8) is 0 Å². The topological polar surface area (TPSA) is 35.5 Å². The molecule has 0 radical (unpaired) electrons. The molecule has 0 aliphatic rings. The van der Waals surface area contributed by atoms with Crippen LogP contribution in [0.25, 0.3) is 0 Å². The minimum atomic E-state index is 0.0527. The maximum atomic E-state index is 11.2. The normalized spacial score (nSPS) is 10.2. The molecule has 0 atom stereocenters. The molecular formula is C17H18O3. The van der Waals surface area contributed by atoms with E-state index in [2.05, 4.69) is 0 Å². The van der Waals surface area contributed by atoms with Crippen molar-refractivity contribution in [3.05, 3.63) is 59.2 Å². The number of carbonyl (C=O) groups is 1. The SMILES string of the molecule is COc1ccc(C)cc1COc1ccc(C(C)=O)cc1. The quantitative estimate of drug-likeness (QED) is 0.775. The highest BCUT2D eigenvalue weighted by molar-refractivity contribution is 5.94. The summed E-state index contributed by atoms with van der Waals surface area (Å²) in [6, 6.07) is 13.1. The molecule has 104 valence electrons. The van der Waals surface area contributed by atoms with Gasteiger partial charge >= 0.3 is 0 Å². The van der Waals surface area contributed by atoms with E-state index < -0.39 is 0 Å². The van der Waals surface area contributed by atoms with Crippen LogP contribution >= 0.6 is 0 Å². The van der Waals surface area contributed by atoms with Gasteiger partial charge in [-0.2, -0.15) is 0 Å². The number of carbonyl (C=O) groups excluding carboxylic acids is 1. The molecule has 0 aromatic heterocycles. The second-order valence-electron chi connectivity index (χ2n) is 4.68. The molecule has 0 saturated heterocycles. The number of aryl methyl sites for hydroxylation is 1. The fourth-order valence-corrected chi connectivity index (χ4v) is 1.97. The number of hydrogen-bond donors (Lipinski definition) is 0. The number of methoxy groups -OCH3 is 1. The van der Waals surface area contributed by atoms with Crippen LogP contribution in [0.4, 0.5) is 0 Å². The van der Waals surface area contributed by atoms with Crippen molar-refractivity contribution in [2.75, 3.05) is 7.11 Å². The zero-order valence-electron chi connectivity index (χ0n) is 12.0. The van der Waals surface area contributed by atoms with Crippen molar-refractivity contribution < 1.29 is 14.3 Å². The first-order valence-electron chi connectivity index (χ1n) is 6.47. The largest absolute Gasteiger partial charge is 0.496 e. The van der Waals surface area contributed by atoms with Crippen LogP contribution in [-0.2, 0) is 6.61 Å². The van der Waals surface area contributed by atoms with E-state index >= 15 is 0 Å². The summed E-state index contributed by atoms with van der Waals surface area (Å²) in [5, 5.41) is 0. The Morgan fingerprint density at radius 3 is 2.40 bits per heavy atom. The van der Waals surface area contributed by atoms with Crippen LogP contribution in [0, 0.1) is 6.92 Å². The summed E-state index contributed by atoms with van der Waals surface area (Å²) < 4.78 is 11.0. The first-order valence-corrected chi connectivity index (χ1v) is 6.47. The highest BCUT2D eigenvalue weighted by atomic mass is 16.5. The van der Waals surface area contributed by atoms with Gasteiger partial charge in [-0.1, -0.05) is 11.6 Å². The Morgan fingerprint density at radius 2 is 1.80 bits per heavy atom. The minimum absolute atomic E-state index is 0.0527. The van der Waals surface area contributed by atoms with E-state index in [0.717, 1.165) is 22.6 Å². The van der Waals surface area contributed by atoms with Gasteiger partial charge in [0.15, 0.2) is 5.78 Å². The molecule has 0 heterocycles. The van der Waals surface area contributed by atoms with E-state index in [4.69, 9.17) is 9.47 Å². The van der Waals surface area contributed by atoms with E-state index in [1.54, 1.807) is 38.3 Å². The molecule has 0 saturated carbocycles. The molecule has 0 spiro atoms. The van der Waals surface area contributed by atoms with Crippen LogP contribution in [0.2, 0.25) is 0 Å². The zero-order valence-corrected chi connectivity index (χ0v) is 12.0. The molecule has 0 bridgehead atoms. The monoisotopic (exact) mass is 270 g/mol. The van der Waals surface area contributed by atoms with E-state index in [9.17, 15) is 4.79 Å². The van der Waals surface area contributed by atoms with Gasteiger partial charge in [-0.15, -0.1) is 0 Å². The number of ketones is 1. The maximum absolute atomic E-state index is 11.2. The molecule has 0 aliphatic carbocycles. The summed E-state index contributed by atoms with van der Waals surface area (Å²) in [6.45, 7) is 4.02. The fraction of sp³-hybridized carbons (Fsp3) is 0.235. The summed E-state index contributed by atoms with van der Waals surface area (Å²) in [7, 11) is 1.65. The van der Waals surface area contributed by atoms with E-state index in [0.29, 0.717) is 12.2 Å². The average molecular weight is 270 g/mol. The molecule has 2 aromatic rings. The molecular weight excluding hydrogens is 252 g/mol. The Bertz CT molecular complexity index is 600. The summed E-state index contributed by atoms with van der Waals surface area (Å²) >= 11 is 0. The molecule has 0 N–H and O–H groups in total. The number of rotatable bonds is 5. The lowest BCUT2D eigenvalue weighted by atomic mass is 10.1. The van der Waals surface area contributed by atoms with Crippen LogP contribution in [0.5, 0.6) is 11.5 Å². The van der Waals surface area contributed by atoms with Crippen LogP contribution < -0.4 is 9.47 Å². The highest BCUT2D eigenvalue weighted by Gasteiger charge is 2.05. The van der Waals surface area contributed by atoms with Gasteiger partial charge in [0, 0.05) is 11.1 Å². The molecule has 2 rings (SSSR count). The molecule has 0 fully saturated rings. The number of hydrogen-bond acceptors (Lipinski definition) is 3. The maximum Gasteiger partial charge on any atom is 0.159 e. The van der Waals surface area contributed by atoms with Crippen LogP contribution in [0.15, 0.2) is 42.5 Å². The predicted molar refractivity (Wildman–Crippen MR) is 78.5 cm³/mol. The molecule has 20 heavy (non-hydrogen) atoms. The molecule has 2 aromatic carbocycles. The van der Waals surface area contributed by atoms with Crippen LogP contribution in [-0.4, -0.2) is 12.9 Å². The van der Waals surface area contributed by atoms with Crippen molar-refractivity contribution in [1.82, 2.24) is 0 Å². The highest BCUT2D eigenvalue weighted by Crippen LogP contribution is 2.22. The summed E-state index contributed by atoms with van der Waals surface area (Å²) in [5.74, 6) is 1.60. The third-order valence-corrected chi connectivity index (χ3v) is 3.09. The van der Waals surface area contributed by atoms with Gasteiger partial charge in [-0.05, 0) is 50.2 Å². The van der Waals surface area contributed by atoms with Crippen molar-refractivity contribution in [2.45, 2.75) is 20.5 Å². The lowest BCUT2D eigenvalue weighted by Crippen LogP contribution is -2.00. The molecule has 0 amide bonds. The minimum Gasteiger partial charge on any atom is -0.496 e. The Hall–Kier alpha value is -2.29. The van der Waals surface area contributed by atoms with Gasteiger partial charge in [0.2, 0.25) is 0 Å². The average Bonchev–Trinajstić information content (AvgIpc) is 2.45.